The van der Waals surface area contributed by atoms with Gasteiger partial charge in [0.15, 0.2) is 0 Å². The minimum Gasteiger partial charge on any atom is -0.313 e. The van der Waals surface area contributed by atoms with Crippen molar-refractivity contribution in [1.82, 2.24) is 10.2 Å². The zero-order valence-corrected chi connectivity index (χ0v) is 7.22. The van der Waals surface area contributed by atoms with Crippen LogP contribution in [0.3, 0.4) is 0 Å². The first kappa shape index (κ1) is 8.02. The second-order valence-electron chi connectivity index (χ2n) is 3.00. The van der Waals surface area contributed by atoms with Gasteiger partial charge in [0, 0.05) is 18.6 Å². The summed E-state index contributed by atoms with van der Waals surface area (Å²) in [5.41, 5.74) is 0. The van der Waals surface area contributed by atoms with Crippen LogP contribution in [-0.4, -0.2) is 36.6 Å². The van der Waals surface area contributed by atoms with Crippen LogP contribution < -0.4 is 5.32 Å². The molecule has 2 heteroatoms. The maximum absolute atomic E-state index is 3.43. The van der Waals surface area contributed by atoms with Gasteiger partial charge in [-0.05, 0) is 20.0 Å². The van der Waals surface area contributed by atoms with E-state index in [4.69, 9.17) is 0 Å². The lowest BCUT2D eigenvalue weighted by Gasteiger charge is -2.10. The summed E-state index contributed by atoms with van der Waals surface area (Å²) in [6.45, 7) is 10.2. The predicted octanol–water partition coefficient (Wildman–Crippen LogP) is 0.689. The van der Waals surface area contributed by atoms with Gasteiger partial charge in [-0.25, -0.2) is 0 Å². The van der Waals surface area contributed by atoms with Gasteiger partial charge in [-0.15, -0.1) is 0 Å². The molecule has 1 heterocycles. The Morgan fingerprint density at radius 1 is 1.60 bits per heavy atom. The summed E-state index contributed by atoms with van der Waals surface area (Å²) in [5.74, 6) is 0. The fraction of sp³-hybridized carbons (Fsp3) is 1.00. The van der Waals surface area contributed by atoms with Crippen molar-refractivity contribution >= 4 is 0 Å². The second kappa shape index (κ2) is 3.35. The van der Waals surface area contributed by atoms with Gasteiger partial charge in [0.1, 0.15) is 0 Å². The highest BCUT2D eigenvalue weighted by atomic mass is 15.3. The van der Waals surface area contributed by atoms with E-state index in [2.05, 4.69) is 31.0 Å². The van der Waals surface area contributed by atoms with Crippen LogP contribution in [0.5, 0.6) is 0 Å². The summed E-state index contributed by atoms with van der Waals surface area (Å²) in [5, 5.41) is 3.43. The summed E-state index contributed by atoms with van der Waals surface area (Å²) >= 11 is 0. The van der Waals surface area contributed by atoms with Crippen LogP contribution in [0.25, 0.3) is 0 Å². The summed E-state index contributed by atoms with van der Waals surface area (Å²) in [4.78, 5) is 2.48. The molecule has 0 amide bonds. The monoisotopic (exact) mass is 142 g/mol. The van der Waals surface area contributed by atoms with E-state index >= 15 is 0 Å². The van der Waals surface area contributed by atoms with Crippen molar-refractivity contribution in [1.29, 1.82) is 0 Å². The van der Waals surface area contributed by atoms with Gasteiger partial charge in [0.2, 0.25) is 0 Å². The highest BCUT2D eigenvalue weighted by Gasteiger charge is 2.36. The van der Waals surface area contributed by atoms with E-state index in [9.17, 15) is 0 Å². The van der Waals surface area contributed by atoms with E-state index in [-0.39, 0.29) is 0 Å². The molecule has 1 N–H and O–H groups in total. The Labute approximate surface area is 63.6 Å². The summed E-state index contributed by atoms with van der Waals surface area (Å²) in [7, 11) is 0. The van der Waals surface area contributed by atoms with Crippen molar-refractivity contribution in [3.05, 3.63) is 0 Å². The van der Waals surface area contributed by atoms with E-state index in [1.165, 1.54) is 13.1 Å². The molecule has 60 valence electrons. The SMILES string of the molecule is CCN[C@H](C)[C@H]1CN1CC. The van der Waals surface area contributed by atoms with E-state index in [0.29, 0.717) is 6.04 Å². The first-order valence-corrected chi connectivity index (χ1v) is 4.27. The number of nitrogens with zero attached hydrogens (tertiary/aromatic N) is 1. The van der Waals surface area contributed by atoms with Crippen molar-refractivity contribution in [2.45, 2.75) is 32.9 Å². The molecular weight excluding hydrogens is 124 g/mol. The van der Waals surface area contributed by atoms with Gasteiger partial charge in [0.05, 0.1) is 0 Å². The number of hydrogen-bond donors (Lipinski definition) is 1. The average molecular weight is 142 g/mol. The number of hydrogen-bond acceptors (Lipinski definition) is 2. The molecule has 0 bridgehead atoms. The molecule has 3 atom stereocenters. The molecule has 1 unspecified atom stereocenters. The van der Waals surface area contributed by atoms with E-state index in [0.717, 1.165) is 12.6 Å². The average Bonchev–Trinajstić information content (AvgIpc) is 2.66. The molecule has 0 aromatic heterocycles. The topological polar surface area (TPSA) is 15.0 Å². The van der Waals surface area contributed by atoms with Crippen LogP contribution >= 0.6 is 0 Å². The van der Waals surface area contributed by atoms with Crippen LogP contribution in [-0.2, 0) is 0 Å². The maximum atomic E-state index is 3.43. The maximum Gasteiger partial charge on any atom is 0.0374 e. The third-order valence-corrected chi connectivity index (χ3v) is 2.27. The fourth-order valence-corrected chi connectivity index (χ4v) is 1.49. The minimum absolute atomic E-state index is 0.685. The van der Waals surface area contributed by atoms with Gasteiger partial charge in [-0.1, -0.05) is 13.8 Å². The smallest absolute Gasteiger partial charge is 0.0374 e. The Morgan fingerprint density at radius 2 is 2.30 bits per heavy atom. The van der Waals surface area contributed by atoms with E-state index in [1.54, 1.807) is 0 Å². The Morgan fingerprint density at radius 3 is 2.70 bits per heavy atom. The predicted molar refractivity (Wildman–Crippen MR) is 44.2 cm³/mol. The Kier molecular flexibility index (Phi) is 2.69. The molecule has 1 aliphatic heterocycles. The van der Waals surface area contributed by atoms with Crippen molar-refractivity contribution < 1.29 is 0 Å². The Balaban J connectivity index is 2.12. The van der Waals surface area contributed by atoms with Crippen molar-refractivity contribution in [3.63, 3.8) is 0 Å². The van der Waals surface area contributed by atoms with Crippen LogP contribution in [0.2, 0.25) is 0 Å². The van der Waals surface area contributed by atoms with E-state index < -0.39 is 0 Å². The molecule has 10 heavy (non-hydrogen) atoms. The number of likely N-dealkylation sites (N-methyl/N-ethyl adjacent to an activating group) is 2. The quantitative estimate of drug-likeness (QED) is 0.581. The largest absolute Gasteiger partial charge is 0.313 e. The molecule has 0 radical (unpaired) electrons. The number of rotatable bonds is 4. The van der Waals surface area contributed by atoms with Crippen molar-refractivity contribution in [3.8, 4) is 0 Å². The lowest BCUT2D eigenvalue weighted by molar-refractivity contribution is 0.450. The summed E-state index contributed by atoms with van der Waals surface area (Å²) < 4.78 is 0. The van der Waals surface area contributed by atoms with Gasteiger partial charge in [-0.2, -0.15) is 0 Å². The summed E-state index contributed by atoms with van der Waals surface area (Å²) in [6, 6.07) is 1.51. The van der Waals surface area contributed by atoms with Crippen molar-refractivity contribution in [2.75, 3.05) is 19.6 Å². The molecule has 0 aliphatic carbocycles. The first-order valence-electron chi connectivity index (χ1n) is 4.27. The zero-order valence-electron chi connectivity index (χ0n) is 7.22. The fourth-order valence-electron chi connectivity index (χ4n) is 1.49. The van der Waals surface area contributed by atoms with E-state index in [1.807, 2.05) is 0 Å². The molecule has 1 saturated heterocycles. The Hall–Kier alpha value is -0.0800. The molecule has 0 aromatic rings. The normalized spacial score (nSPS) is 33.9. The van der Waals surface area contributed by atoms with Gasteiger partial charge >= 0.3 is 0 Å². The van der Waals surface area contributed by atoms with Crippen LogP contribution in [0.1, 0.15) is 20.8 Å². The van der Waals surface area contributed by atoms with Gasteiger partial charge in [0.25, 0.3) is 0 Å². The lowest BCUT2D eigenvalue weighted by atomic mass is 10.2. The molecule has 0 aromatic carbocycles. The van der Waals surface area contributed by atoms with Gasteiger partial charge < -0.3 is 5.32 Å². The third kappa shape index (κ3) is 1.70. The Bertz CT molecular complexity index is 103. The zero-order chi connectivity index (χ0) is 7.56. The second-order valence-corrected chi connectivity index (χ2v) is 3.00. The highest BCUT2D eigenvalue weighted by Crippen LogP contribution is 2.19. The van der Waals surface area contributed by atoms with Crippen LogP contribution in [0, 0.1) is 0 Å². The minimum atomic E-state index is 0.685. The van der Waals surface area contributed by atoms with Crippen LogP contribution in [0.4, 0.5) is 0 Å². The third-order valence-electron chi connectivity index (χ3n) is 2.27. The molecular formula is C8H18N2. The summed E-state index contributed by atoms with van der Waals surface area (Å²) in [6.07, 6.45) is 0. The van der Waals surface area contributed by atoms with Gasteiger partial charge in [-0.3, -0.25) is 4.90 Å². The molecule has 0 spiro atoms. The number of nitrogens with one attached hydrogen (secondary N) is 1. The molecule has 1 rings (SSSR count). The molecule has 1 fully saturated rings. The molecule has 1 aliphatic rings. The van der Waals surface area contributed by atoms with Crippen molar-refractivity contribution in [2.24, 2.45) is 0 Å². The van der Waals surface area contributed by atoms with Crippen LogP contribution in [0.15, 0.2) is 0 Å². The molecule has 2 nitrogen and oxygen atoms in total. The highest BCUT2D eigenvalue weighted by molar-refractivity contribution is 4.95. The lowest BCUT2D eigenvalue weighted by Crippen LogP contribution is -2.32. The molecule has 0 saturated carbocycles. The first-order chi connectivity index (χ1) is 4.79. The standard InChI is InChI=1S/C8H18N2/c1-4-9-7(3)8-6-10(8)5-2/h7-9H,4-6H2,1-3H3/t7-,8-,10?/m1/s1.